The van der Waals surface area contributed by atoms with E-state index in [1.807, 2.05) is 36.4 Å². The summed E-state index contributed by atoms with van der Waals surface area (Å²) >= 11 is 0. The molecule has 4 nitrogen and oxygen atoms in total. The number of rotatable bonds is 4. The zero-order valence-electron chi connectivity index (χ0n) is 17.0. The molecule has 0 unspecified atom stereocenters. The van der Waals surface area contributed by atoms with Crippen LogP contribution >= 0.6 is 0 Å². The largest absolute Gasteiger partial charge is 0.449 e. The highest BCUT2D eigenvalue weighted by molar-refractivity contribution is 5.79. The number of halogens is 2. The third kappa shape index (κ3) is 4.31. The maximum absolute atomic E-state index is 13.3. The first-order valence-electron chi connectivity index (χ1n) is 10.1. The second kappa shape index (κ2) is 9.32. The summed E-state index contributed by atoms with van der Waals surface area (Å²) in [5, 5.41) is 11.6. The number of amides is 1. The molecule has 0 bridgehead atoms. The van der Waals surface area contributed by atoms with Gasteiger partial charge in [0, 0.05) is 24.4 Å². The molecule has 1 amide bonds. The zero-order chi connectivity index (χ0) is 22.5. The summed E-state index contributed by atoms with van der Waals surface area (Å²) in [6.07, 6.45) is -0.298. The molecule has 0 heterocycles. The van der Waals surface area contributed by atoms with Gasteiger partial charge in [0.05, 0.1) is 5.56 Å². The Bertz CT molecular complexity index is 1240. The lowest BCUT2D eigenvalue weighted by atomic mass is 9.98. The van der Waals surface area contributed by atoms with Crippen molar-refractivity contribution in [2.24, 2.45) is 0 Å². The summed E-state index contributed by atoms with van der Waals surface area (Å²) in [6, 6.07) is 19.6. The number of fused-ring (bicyclic) bond motifs is 3. The highest BCUT2D eigenvalue weighted by Crippen LogP contribution is 2.44. The number of nitrogens with one attached hydrogen (secondary N) is 1. The fourth-order valence-corrected chi connectivity index (χ4v) is 3.78. The summed E-state index contributed by atoms with van der Waals surface area (Å²) in [6.45, 7) is 0.432. The Hall–Kier alpha value is -4.16. The fourth-order valence-electron chi connectivity index (χ4n) is 3.78. The van der Waals surface area contributed by atoms with E-state index >= 15 is 0 Å². The molecule has 0 fully saturated rings. The maximum Gasteiger partial charge on any atom is 0.407 e. The lowest BCUT2D eigenvalue weighted by Gasteiger charge is -2.14. The Kier molecular flexibility index (Phi) is 6.14. The lowest BCUT2D eigenvalue weighted by molar-refractivity contribution is 0.143. The van der Waals surface area contributed by atoms with Crippen molar-refractivity contribution >= 4 is 6.09 Å². The van der Waals surface area contributed by atoms with Gasteiger partial charge in [-0.2, -0.15) is 5.26 Å². The summed E-state index contributed by atoms with van der Waals surface area (Å²) in [5.74, 6) is 3.19. The molecule has 3 aromatic rings. The quantitative estimate of drug-likeness (QED) is 0.464. The first-order chi connectivity index (χ1) is 15.6. The van der Waals surface area contributed by atoms with E-state index in [1.54, 1.807) is 6.07 Å². The van der Waals surface area contributed by atoms with E-state index in [4.69, 9.17) is 10.00 Å². The van der Waals surface area contributed by atoms with Crippen molar-refractivity contribution in [1.82, 2.24) is 5.32 Å². The van der Waals surface area contributed by atoms with E-state index in [2.05, 4.69) is 29.3 Å². The van der Waals surface area contributed by atoms with Crippen molar-refractivity contribution in [1.29, 1.82) is 5.26 Å². The minimum absolute atomic E-state index is 0.0225. The third-order valence-electron chi connectivity index (χ3n) is 5.27. The first kappa shape index (κ1) is 21.1. The lowest BCUT2D eigenvalue weighted by Crippen LogP contribution is -2.26. The Balaban J connectivity index is 1.31. The average molecular weight is 428 g/mol. The second-order valence-electron chi connectivity index (χ2n) is 7.23. The minimum Gasteiger partial charge on any atom is -0.449 e. The van der Waals surface area contributed by atoms with Gasteiger partial charge in [-0.05, 0) is 34.4 Å². The van der Waals surface area contributed by atoms with Gasteiger partial charge in [0.25, 0.3) is 0 Å². The van der Waals surface area contributed by atoms with Crippen molar-refractivity contribution in [3.8, 4) is 29.0 Å². The molecule has 158 valence electrons. The van der Waals surface area contributed by atoms with Gasteiger partial charge in [-0.3, -0.25) is 0 Å². The monoisotopic (exact) mass is 428 g/mol. The van der Waals surface area contributed by atoms with Crippen molar-refractivity contribution in [3.63, 3.8) is 0 Å². The van der Waals surface area contributed by atoms with Crippen molar-refractivity contribution in [3.05, 3.63) is 94.6 Å². The molecule has 0 aromatic heterocycles. The molecule has 3 aromatic carbocycles. The van der Waals surface area contributed by atoms with Gasteiger partial charge < -0.3 is 10.1 Å². The molecule has 1 aliphatic rings. The molecule has 0 aliphatic heterocycles. The van der Waals surface area contributed by atoms with Gasteiger partial charge in [-0.1, -0.05) is 60.4 Å². The Morgan fingerprint density at radius 2 is 1.56 bits per heavy atom. The highest BCUT2D eigenvalue weighted by atomic mass is 19.2. The number of nitriles is 1. The highest BCUT2D eigenvalue weighted by Gasteiger charge is 2.28. The van der Waals surface area contributed by atoms with Gasteiger partial charge >= 0.3 is 6.09 Å². The second-order valence-corrected chi connectivity index (χ2v) is 7.23. The maximum atomic E-state index is 13.3. The van der Waals surface area contributed by atoms with Crippen LogP contribution in [0.1, 0.15) is 34.6 Å². The van der Waals surface area contributed by atoms with Crippen LogP contribution < -0.4 is 5.32 Å². The van der Waals surface area contributed by atoms with Crippen LogP contribution in [-0.2, 0) is 4.74 Å². The minimum atomic E-state index is -1.09. The van der Waals surface area contributed by atoms with Gasteiger partial charge in [-0.25, -0.2) is 13.6 Å². The van der Waals surface area contributed by atoms with Crippen molar-refractivity contribution in [2.45, 2.75) is 12.3 Å². The number of carbonyl (C=O) groups excluding carboxylic acids is 1. The van der Waals surface area contributed by atoms with Crippen LogP contribution in [0.25, 0.3) is 11.1 Å². The number of hydrogen-bond donors (Lipinski definition) is 1. The number of benzene rings is 3. The van der Waals surface area contributed by atoms with Crippen LogP contribution in [0.5, 0.6) is 0 Å². The number of carbonyl (C=O) groups is 1. The Morgan fingerprint density at radius 1 is 0.969 bits per heavy atom. The van der Waals surface area contributed by atoms with Gasteiger partial charge in [0.2, 0.25) is 0 Å². The van der Waals surface area contributed by atoms with E-state index in [9.17, 15) is 13.6 Å². The van der Waals surface area contributed by atoms with E-state index in [-0.39, 0.29) is 36.6 Å². The molecule has 0 saturated carbocycles. The Morgan fingerprint density at radius 3 is 2.19 bits per heavy atom. The summed E-state index contributed by atoms with van der Waals surface area (Å²) in [5.41, 5.74) is 4.63. The molecule has 0 saturated heterocycles. The van der Waals surface area contributed by atoms with Gasteiger partial charge in [-0.15, -0.1) is 0 Å². The summed E-state index contributed by atoms with van der Waals surface area (Å²) < 4.78 is 32.0. The molecule has 0 spiro atoms. The van der Waals surface area contributed by atoms with Crippen LogP contribution in [0.2, 0.25) is 0 Å². The number of ether oxygens (including phenoxy) is 1. The van der Waals surface area contributed by atoms with E-state index in [0.29, 0.717) is 0 Å². The Labute approximate surface area is 184 Å². The van der Waals surface area contributed by atoms with Crippen LogP contribution in [0.4, 0.5) is 13.6 Å². The van der Waals surface area contributed by atoms with Crippen molar-refractivity contribution in [2.75, 3.05) is 13.2 Å². The standard InChI is InChI=1S/C26H18F2N2O2/c27-24-13-17(18(15-29)14-25(24)28)7-5-6-12-30-26(31)32-16-23-21-10-3-1-8-19(21)20-9-2-4-11-22(20)23/h1-4,8-11,13-14,23H,6,12,16H2,(H,30,31). The van der Waals surface area contributed by atoms with Crippen LogP contribution in [-0.4, -0.2) is 19.2 Å². The van der Waals surface area contributed by atoms with E-state index < -0.39 is 17.7 Å². The fraction of sp³-hybridized carbons (Fsp3) is 0.154. The topological polar surface area (TPSA) is 62.1 Å². The smallest absolute Gasteiger partial charge is 0.407 e. The molecular formula is C26H18F2N2O2. The van der Waals surface area contributed by atoms with Gasteiger partial charge in [0.15, 0.2) is 11.6 Å². The predicted molar refractivity (Wildman–Crippen MR) is 116 cm³/mol. The molecule has 0 atom stereocenters. The number of alkyl carbamates (subject to hydrolysis) is 1. The van der Waals surface area contributed by atoms with Gasteiger partial charge in [0.1, 0.15) is 12.7 Å². The van der Waals surface area contributed by atoms with Crippen molar-refractivity contribution < 1.29 is 18.3 Å². The predicted octanol–water partition coefficient (Wildman–Crippen LogP) is 5.12. The molecule has 32 heavy (non-hydrogen) atoms. The molecule has 1 aliphatic carbocycles. The number of nitrogens with zero attached hydrogens (tertiary/aromatic N) is 1. The summed E-state index contributed by atoms with van der Waals surface area (Å²) in [4.78, 5) is 12.1. The van der Waals surface area contributed by atoms with E-state index in [1.165, 1.54) is 0 Å². The first-order valence-corrected chi connectivity index (χ1v) is 10.1. The third-order valence-corrected chi connectivity index (χ3v) is 5.27. The zero-order valence-corrected chi connectivity index (χ0v) is 17.0. The molecule has 0 radical (unpaired) electrons. The molecule has 4 rings (SSSR count). The molecule has 1 N–H and O–H groups in total. The van der Waals surface area contributed by atoms with Crippen LogP contribution in [0, 0.1) is 34.8 Å². The van der Waals surface area contributed by atoms with Crippen LogP contribution in [0.3, 0.4) is 0 Å². The normalized spacial score (nSPS) is 11.5. The molecular weight excluding hydrogens is 410 g/mol. The van der Waals surface area contributed by atoms with Crippen LogP contribution in [0.15, 0.2) is 60.7 Å². The van der Waals surface area contributed by atoms with E-state index in [0.717, 1.165) is 34.4 Å². The molecule has 6 heteroatoms. The SMILES string of the molecule is N#Cc1cc(F)c(F)cc1C#CCCNC(=O)OCC1c2ccccc2-c2ccccc21. The average Bonchev–Trinajstić information content (AvgIpc) is 3.13. The summed E-state index contributed by atoms with van der Waals surface area (Å²) in [7, 11) is 0. The number of hydrogen-bond acceptors (Lipinski definition) is 3.